The van der Waals surface area contributed by atoms with Crippen LogP contribution in [0.1, 0.15) is 17.0 Å². The Labute approximate surface area is 118 Å². The maximum atomic E-state index is 8.60. The molecule has 1 aromatic heterocycles. The van der Waals surface area contributed by atoms with Crippen molar-refractivity contribution in [1.29, 1.82) is 5.26 Å². The molecule has 2 rings (SSSR count). The molecule has 0 amide bonds. The molecule has 0 fully saturated rings. The van der Waals surface area contributed by atoms with E-state index in [4.69, 9.17) is 10.00 Å². The van der Waals surface area contributed by atoms with Gasteiger partial charge in [-0.15, -0.1) is 0 Å². The lowest BCUT2D eigenvalue weighted by Gasteiger charge is -2.11. The molecular formula is C15H18N4O. The summed E-state index contributed by atoms with van der Waals surface area (Å²) in [4.78, 5) is 0. The molecule has 1 heterocycles. The Bertz CT molecular complexity index is 640. The summed E-state index contributed by atoms with van der Waals surface area (Å²) < 4.78 is 7.28. The van der Waals surface area contributed by atoms with Crippen LogP contribution in [0.25, 0.3) is 0 Å². The highest BCUT2D eigenvalue weighted by Crippen LogP contribution is 2.22. The van der Waals surface area contributed by atoms with Crippen molar-refractivity contribution in [2.24, 2.45) is 7.05 Å². The van der Waals surface area contributed by atoms with E-state index in [-0.39, 0.29) is 6.61 Å². The molecule has 20 heavy (non-hydrogen) atoms. The van der Waals surface area contributed by atoms with Crippen LogP contribution in [-0.4, -0.2) is 16.4 Å². The number of ether oxygens (including phenoxy) is 1. The second-order valence-electron chi connectivity index (χ2n) is 4.58. The maximum Gasteiger partial charge on any atom is 0.174 e. The van der Waals surface area contributed by atoms with E-state index in [0.717, 1.165) is 28.4 Å². The van der Waals surface area contributed by atoms with Gasteiger partial charge in [-0.05, 0) is 19.9 Å². The van der Waals surface area contributed by atoms with E-state index in [9.17, 15) is 0 Å². The van der Waals surface area contributed by atoms with Crippen molar-refractivity contribution in [2.45, 2.75) is 20.4 Å². The van der Waals surface area contributed by atoms with E-state index < -0.39 is 0 Å². The molecule has 2 aromatic rings. The Hall–Kier alpha value is -2.48. The number of benzene rings is 1. The predicted octanol–water partition coefficient (Wildman–Crippen LogP) is 2.55. The average Bonchev–Trinajstić information content (AvgIpc) is 2.69. The van der Waals surface area contributed by atoms with Crippen molar-refractivity contribution >= 4 is 5.69 Å². The lowest BCUT2D eigenvalue weighted by Crippen LogP contribution is -2.05. The molecule has 0 saturated carbocycles. The molecule has 104 valence electrons. The van der Waals surface area contributed by atoms with Gasteiger partial charge in [0.15, 0.2) is 6.61 Å². The van der Waals surface area contributed by atoms with Crippen LogP contribution in [0.4, 0.5) is 5.69 Å². The Balaban J connectivity index is 2.13. The van der Waals surface area contributed by atoms with E-state index in [1.807, 2.05) is 55.9 Å². The van der Waals surface area contributed by atoms with Crippen molar-refractivity contribution in [3.8, 4) is 11.8 Å². The highest BCUT2D eigenvalue weighted by atomic mass is 16.5. The number of hydrogen-bond acceptors (Lipinski definition) is 4. The molecule has 0 bridgehead atoms. The van der Waals surface area contributed by atoms with Crippen molar-refractivity contribution in [3.05, 3.63) is 41.2 Å². The molecule has 0 saturated heterocycles. The minimum atomic E-state index is 0.0575. The number of rotatable bonds is 5. The molecule has 0 atom stereocenters. The largest absolute Gasteiger partial charge is 0.478 e. The zero-order chi connectivity index (χ0) is 14.5. The van der Waals surface area contributed by atoms with Gasteiger partial charge in [-0.3, -0.25) is 4.68 Å². The number of aryl methyl sites for hydroxylation is 2. The number of hydrogen-bond donors (Lipinski definition) is 1. The summed E-state index contributed by atoms with van der Waals surface area (Å²) in [6.45, 7) is 4.70. The molecule has 5 heteroatoms. The third-order valence-electron chi connectivity index (χ3n) is 3.23. The van der Waals surface area contributed by atoms with E-state index in [1.165, 1.54) is 0 Å². The first kappa shape index (κ1) is 13.9. The van der Waals surface area contributed by atoms with Crippen LogP contribution in [0.15, 0.2) is 24.3 Å². The maximum absolute atomic E-state index is 8.60. The number of anilines is 1. The van der Waals surface area contributed by atoms with Crippen molar-refractivity contribution in [1.82, 2.24) is 9.78 Å². The van der Waals surface area contributed by atoms with E-state index in [2.05, 4.69) is 10.4 Å². The Morgan fingerprint density at radius 3 is 2.75 bits per heavy atom. The highest BCUT2D eigenvalue weighted by Gasteiger charge is 2.10. The summed E-state index contributed by atoms with van der Waals surface area (Å²) in [6.07, 6.45) is 0. The van der Waals surface area contributed by atoms with Crippen LogP contribution >= 0.6 is 0 Å². The molecule has 0 unspecified atom stereocenters. The molecule has 1 aromatic carbocycles. The zero-order valence-electron chi connectivity index (χ0n) is 12.0. The normalized spacial score (nSPS) is 10.1. The second-order valence-corrected chi connectivity index (χ2v) is 4.58. The summed E-state index contributed by atoms with van der Waals surface area (Å²) in [5.74, 6) is 0.737. The van der Waals surface area contributed by atoms with E-state index >= 15 is 0 Å². The first-order chi connectivity index (χ1) is 9.63. The third kappa shape index (κ3) is 2.91. The lowest BCUT2D eigenvalue weighted by atomic mass is 10.2. The van der Waals surface area contributed by atoms with Gasteiger partial charge in [0.1, 0.15) is 11.8 Å². The molecule has 0 spiro atoms. The molecule has 0 aliphatic heterocycles. The third-order valence-corrected chi connectivity index (χ3v) is 3.23. The monoisotopic (exact) mass is 270 g/mol. The SMILES string of the molecule is Cc1nn(C)c(C)c1NCc1ccccc1OCC#N. The van der Waals surface area contributed by atoms with Gasteiger partial charge in [0.05, 0.1) is 17.1 Å². The number of para-hydroxylation sites is 1. The second kappa shape index (κ2) is 6.11. The van der Waals surface area contributed by atoms with Crippen molar-refractivity contribution in [2.75, 3.05) is 11.9 Å². The lowest BCUT2D eigenvalue weighted by molar-refractivity contribution is 0.364. The van der Waals surface area contributed by atoms with E-state index in [0.29, 0.717) is 6.54 Å². The first-order valence-electron chi connectivity index (χ1n) is 6.45. The van der Waals surface area contributed by atoms with E-state index in [1.54, 1.807) is 0 Å². The predicted molar refractivity (Wildman–Crippen MR) is 77.6 cm³/mol. The summed E-state index contributed by atoms with van der Waals surface area (Å²) in [6, 6.07) is 9.70. The molecule has 5 nitrogen and oxygen atoms in total. The van der Waals surface area contributed by atoms with Gasteiger partial charge in [-0.1, -0.05) is 18.2 Å². The Morgan fingerprint density at radius 2 is 2.10 bits per heavy atom. The molecule has 0 radical (unpaired) electrons. The quantitative estimate of drug-likeness (QED) is 0.907. The summed E-state index contributed by atoms with van der Waals surface area (Å²) in [5, 5.41) is 16.4. The van der Waals surface area contributed by atoms with Gasteiger partial charge in [0.25, 0.3) is 0 Å². The fraction of sp³-hybridized carbons (Fsp3) is 0.333. The fourth-order valence-electron chi connectivity index (χ4n) is 2.11. The minimum absolute atomic E-state index is 0.0575. The summed E-state index contributed by atoms with van der Waals surface area (Å²) in [5.41, 5.74) is 4.13. The average molecular weight is 270 g/mol. The van der Waals surface area contributed by atoms with Crippen LogP contribution in [-0.2, 0) is 13.6 Å². The fourth-order valence-corrected chi connectivity index (χ4v) is 2.11. The van der Waals surface area contributed by atoms with Gasteiger partial charge < -0.3 is 10.1 Å². The Kier molecular flexibility index (Phi) is 4.26. The van der Waals surface area contributed by atoms with Gasteiger partial charge in [0, 0.05) is 19.2 Å². The standard InChI is InChI=1S/C15H18N4O/c1-11-15(12(2)19(3)18-11)17-10-13-6-4-5-7-14(13)20-9-8-16/h4-7,17H,9-10H2,1-3H3. The first-order valence-corrected chi connectivity index (χ1v) is 6.45. The minimum Gasteiger partial charge on any atom is -0.478 e. The highest BCUT2D eigenvalue weighted by molar-refractivity contribution is 5.53. The van der Waals surface area contributed by atoms with Gasteiger partial charge in [-0.25, -0.2) is 0 Å². The van der Waals surface area contributed by atoms with Crippen LogP contribution in [0.5, 0.6) is 5.75 Å². The number of nitriles is 1. The number of nitrogens with zero attached hydrogens (tertiary/aromatic N) is 3. The van der Waals surface area contributed by atoms with Crippen molar-refractivity contribution < 1.29 is 4.74 Å². The molecule has 0 aliphatic rings. The van der Waals surface area contributed by atoms with Gasteiger partial charge >= 0.3 is 0 Å². The van der Waals surface area contributed by atoms with Crippen LogP contribution in [0.2, 0.25) is 0 Å². The van der Waals surface area contributed by atoms with Crippen LogP contribution < -0.4 is 10.1 Å². The molecule has 0 aliphatic carbocycles. The zero-order valence-corrected chi connectivity index (χ0v) is 12.0. The van der Waals surface area contributed by atoms with Gasteiger partial charge in [-0.2, -0.15) is 10.4 Å². The number of nitrogens with one attached hydrogen (secondary N) is 1. The summed E-state index contributed by atoms with van der Waals surface area (Å²) in [7, 11) is 1.93. The summed E-state index contributed by atoms with van der Waals surface area (Å²) >= 11 is 0. The van der Waals surface area contributed by atoms with Crippen LogP contribution in [0, 0.1) is 25.2 Å². The molecular weight excluding hydrogens is 252 g/mol. The Morgan fingerprint density at radius 1 is 1.35 bits per heavy atom. The van der Waals surface area contributed by atoms with Crippen molar-refractivity contribution in [3.63, 3.8) is 0 Å². The molecule has 1 N–H and O–H groups in total. The number of aromatic nitrogens is 2. The van der Waals surface area contributed by atoms with Gasteiger partial charge in [0.2, 0.25) is 0 Å². The van der Waals surface area contributed by atoms with Crippen LogP contribution in [0.3, 0.4) is 0 Å². The smallest absolute Gasteiger partial charge is 0.174 e. The topological polar surface area (TPSA) is 62.9 Å².